The predicted molar refractivity (Wildman–Crippen MR) is 67.4 cm³/mol. The molecule has 1 saturated heterocycles. The summed E-state index contributed by atoms with van der Waals surface area (Å²) in [6.45, 7) is 3.79. The number of carbonyl (C=O) groups is 2. The number of aliphatic carboxylic acids is 1. The van der Waals surface area contributed by atoms with Gasteiger partial charge in [-0.05, 0) is 12.1 Å². The van der Waals surface area contributed by atoms with Crippen molar-refractivity contribution in [1.82, 2.24) is 15.0 Å². The van der Waals surface area contributed by atoms with Gasteiger partial charge in [0.2, 0.25) is 0 Å². The van der Waals surface area contributed by atoms with E-state index in [1.807, 2.05) is 0 Å². The number of rotatable bonds is 5. The zero-order valence-corrected chi connectivity index (χ0v) is 11.2. The molecule has 0 atom stereocenters. The summed E-state index contributed by atoms with van der Waals surface area (Å²) in [5, 5.41) is 12.3. The zero-order chi connectivity index (χ0) is 14.5. The van der Waals surface area contributed by atoms with Crippen LogP contribution in [0.5, 0.6) is 5.88 Å². The van der Waals surface area contributed by atoms with Crippen molar-refractivity contribution in [3.05, 3.63) is 11.8 Å². The van der Waals surface area contributed by atoms with Crippen LogP contribution in [-0.2, 0) is 9.59 Å². The van der Waals surface area contributed by atoms with Gasteiger partial charge in [0.05, 0.1) is 6.54 Å². The Hall–Kier alpha value is -2.09. The maximum atomic E-state index is 11.9. The molecule has 0 unspecified atom stereocenters. The van der Waals surface area contributed by atoms with Gasteiger partial charge in [-0.3, -0.25) is 14.5 Å². The second-order valence-corrected chi connectivity index (χ2v) is 4.62. The van der Waals surface area contributed by atoms with Crippen molar-refractivity contribution in [2.24, 2.45) is 0 Å². The van der Waals surface area contributed by atoms with E-state index < -0.39 is 5.97 Å². The van der Waals surface area contributed by atoms with E-state index in [2.05, 4.69) is 5.16 Å². The summed E-state index contributed by atoms with van der Waals surface area (Å²) in [7, 11) is 0. The maximum Gasteiger partial charge on any atom is 0.317 e. The molecule has 1 aromatic heterocycles. The molecule has 0 spiro atoms. The Kier molecular flexibility index (Phi) is 4.57. The highest BCUT2D eigenvalue weighted by Gasteiger charge is 2.22. The predicted octanol–water partition coefficient (Wildman–Crippen LogP) is -0.409. The Morgan fingerprint density at radius 3 is 2.65 bits per heavy atom. The van der Waals surface area contributed by atoms with Gasteiger partial charge >= 0.3 is 5.97 Å². The fraction of sp³-hybridized carbons (Fsp3) is 0.583. The minimum atomic E-state index is -0.852. The third-order valence-electron chi connectivity index (χ3n) is 3.03. The van der Waals surface area contributed by atoms with Crippen LogP contribution in [0.2, 0.25) is 0 Å². The lowest BCUT2D eigenvalue weighted by Crippen LogP contribution is -2.51. The number of aryl methyl sites for hydroxylation is 1. The van der Waals surface area contributed by atoms with E-state index in [0.29, 0.717) is 37.8 Å². The molecule has 0 radical (unpaired) electrons. The first-order chi connectivity index (χ1) is 9.54. The van der Waals surface area contributed by atoms with E-state index in [9.17, 15) is 9.59 Å². The van der Waals surface area contributed by atoms with Crippen LogP contribution >= 0.6 is 0 Å². The summed E-state index contributed by atoms with van der Waals surface area (Å²) >= 11 is 0. The van der Waals surface area contributed by atoms with Crippen LogP contribution in [0.1, 0.15) is 5.76 Å². The maximum absolute atomic E-state index is 11.9. The lowest BCUT2D eigenvalue weighted by Gasteiger charge is -2.33. The third kappa shape index (κ3) is 3.95. The van der Waals surface area contributed by atoms with E-state index in [1.54, 1.807) is 22.8 Å². The molecule has 1 aliphatic rings. The van der Waals surface area contributed by atoms with E-state index >= 15 is 0 Å². The Morgan fingerprint density at radius 1 is 1.40 bits per heavy atom. The van der Waals surface area contributed by atoms with Crippen LogP contribution < -0.4 is 4.74 Å². The van der Waals surface area contributed by atoms with Crippen molar-refractivity contribution in [3.63, 3.8) is 0 Å². The molecule has 1 N–H and O–H groups in total. The van der Waals surface area contributed by atoms with Gasteiger partial charge in [0.1, 0.15) is 5.76 Å². The lowest BCUT2D eigenvalue weighted by molar-refractivity contribution is -0.139. The van der Waals surface area contributed by atoms with Crippen LogP contribution in [-0.4, -0.2) is 71.3 Å². The van der Waals surface area contributed by atoms with E-state index in [0.717, 1.165) is 0 Å². The number of aromatic nitrogens is 1. The van der Waals surface area contributed by atoms with Crippen molar-refractivity contribution in [3.8, 4) is 5.88 Å². The molecule has 2 rings (SSSR count). The molecule has 1 aromatic rings. The molecule has 1 amide bonds. The molecular weight excluding hydrogens is 266 g/mol. The van der Waals surface area contributed by atoms with Gasteiger partial charge in [-0.1, -0.05) is 0 Å². The summed E-state index contributed by atoms with van der Waals surface area (Å²) in [5.74, 6) is -0.0785. The standard InChI is InChI=1S/C12H17N3O5/c1-9-6-10(13-20-9)19-8-11(16)15-4-2-14(3-5-15)7-12(17)18/h6H,2-5,7-8H2,1H3,(H,17,18). The number of carboxylic acids is 1. The number of carbonyl (C=O) groups excluding carboxylic acids is 1. The van der Waals surface area contributed by atoms with Crippen LogP contribution in [0, 0.1) is 6.92 Å². The van der Waals surface area contributed by atoms with Gasteiger partial charge in [-0.15, -0.1) is 0 Å². The van der Waals surface area contributed by atoms with Crippen molar-refractivity contribution in [1.29, 1.82) is 0 Å². The van der Waals surface area contributed by atoms with Crippen molar-refractivity contribution < 1.29 is 24.0 Å². The van der Waals surface area contributed by atoms with Gasteiger partial charge in [-0.2, -0.15) is 0 Å². The SMILES string of the molecule is Cc1cc(OCC(=O)N2CCN(CC(=O)O)CC2)no1. The Bertz CT molecular complexity index is 479. The molecule has 110 valence electrons. The molecule has 0 aliphatic carbocycles. The molecule has 8 nitrogen and oxygen atoms in total. The van der Waals surface area contributed by atoms with E-state index in [4.69, 9.17) is 14.4 Å². The quantitative estimate of drug-likeness (QED) is 0.784. The summed E-state index contributed by atoms with van der Waals surface area (Å²) in [6, 6.07) is 1.61. The third-order valence-corrected chi connectivity index (χ3v) is 3.03. The second-order valence-electron chi connectivity index (χ2n) is 4.62. The van der Waals surface area contributed by atoms with Gasteiger partial charge in [0, 0.05) is 32.2 Å². The number of piperazine rings is 1. The second kappa shape index (κ2) is 6.38. The first kappa shape index (κ1) is 14.3. The topological polar surface area (TPSA) is 96.1 Å². The number of ether oxygens (including phenoxy) is 1. The van der Waals surface area contributed by atoms with E-state index in [1.165, 1.54) is 0 Å². The molecule has 2 heterocycles. The van der Waals surface area contributed by atoms with Gasteiger partial charge in [-0.25, -0.2) is 0 Å². The molecular formula is C12H17N3O5. The highest BCUT2D eigenvalue weighted by Crippen LogP contribution is 2.10. The number of hydrogen-bond donors (Lipinski definition) is 1. The summed E-state index contributed by atoms with van der Waals surface area (Å²) in [5.41, 5.74) is 0. The Labute approximate surface area is 115 Å². The fourth-order valence-corrected chi connectivity index (χ4v) is 1.99. The largest absolute Gasteiger partial charge is 0.480 e. The van der Waals surface area contributed by atoms with Gasteiger partial charge in [0.25, 0.3) is 11.8 Å². The van der Waals surface area contributed by atoms with E-state index in [-0.39, 0.29) is 19.1 Å². The first-order valence-corrected chi connectivity index (χ1v) is 6.32. The highest BCUT2D eigenvalue weighted by atomic mass is 16.5. The number of hydrogen-bond acceptors (Lipinski definition) is 6. The van der Waals surface area contributed by atoms with Crippen molar-refractivity contribution in [2.45, 2.75) is 6.92 Å². The number of carboxylic acid groups (broad SMARTS) is 1. The minimum Gasteiger partial charge on any atom is -0.480 e. The zero-order valence-electron chi connectivity index (χ0n) is 11.2. The fourth-order valence-electron chi connectivity index (χ4n) is 1.99. The molecule has 20 heavy (non-hydrogen) atoms. The monoisotopic (exact) mass is 283 g/mol. The molecule has 1 aliphatic heterocycles. The summed E-state index contributed by atoms with van der Waals surface area (Å²) in [6.07, 6.45) is 0. The number of amides is 1. The Morgan fingerprint density at radius 2 is 2.10 bits per heavy atom. The average molecular weight is 283 g/mol. The summed E-state index contributed by atoms with van der Waals surface area (Å²) in [4.78, 5) is 26.0. The number of nitrogens with zero attached hydrogens (tertiary/aromatic N) is 3. The van der Waals surface area contributed by atoms with Gasteiger partial charge in [0.15, 0.2) is 6.61 Å². The van der Waals surface area contributed by atoms with Crippen LogP contribution in [0.25, 0.3) is 0 Å². The Balaban J connectivity index is 1.73. The first-order valence-electron chi connectivity index (χ1n) is 6.32. The average Bonchev–Trinajstić information content (AvgIpc) is 2.82. The van der Waals surface area contributed by atoms with Crippen molar-refractivity contribution >= 4 is 11.9 Å². The molecule has 8 heteroatoms. The normalized spacial score (nSPS) is 16.1. The molecule has 1 fully saturated rings. The summed E-state index contributed by atoms with van der Waals surface area (Å²) < 4.78 is 10.1. The van der Waals surface area contributed by atoms with Crippen LogP contribution in [0.3, 0.4) is 0 Å². The highest BCUT2D eigenvalue weighted by molar-refractivity contribution is 5.78. The minimum absolute atomic E-state index is 0.0107. The molecule has 0 saturated carbocycles. The molecule has 0 aromatic carbocycles. The molecule has 0 bridgehead atoms. The van der Waals surface area contributed by atoms with Crippen molar-refractivity contribution in [2.75, 3.05) is 39.3 Å². The van der Waals surface area contributed by atoms with Crippen LogP contribution in [0.15, 0.2) is 10.6 Å². The smallest absolute Gasteiger partial charge is 0.317 e. The lowest BCUT2D eigenvalue weighted by atomic mass is 10.3. The van der Waals surface area contributed by atoms with Crippen LogP contribution in [0.4, 0.5) is 0 Å². The van der Waals surface area contributed by atoms with Gasteiger partial charge < -0.3 is 19.3 Å².